The highest BCUT2D eigenvalue weighted by Gasteiger charge is 2.34. The molecule has 1 fully saturated rings. The molecule has 0 unspecified atom stereocenters. The molecule has 2 heterocycles. The van der Waals surface area contributed by atoms with Gasteiger partial charge in [0.25, 0.3) is 0 Å². The van der Waals surface area contributed by atoms with Gasteiger partial charge >= 0.3 is 0 Å². The monoisotopic (exact) mass is 312 g/mol. The molecule has 0 amide bonds. The molecule has 0 aliphatic carbocycles. The van der Waals surface area contributed by atoms with Crippen molar-refractivity contribution in [3.05, 3.63) is 18.3 Å². The molecular formula is C14H24N4O2S. The summed E-state index contributed by atoms with van der Waals surface area (Å²) in [4.78, 5) is 4.18. The van der Waals surface area contributed by atoms with Crippen molar-refractivity contribution >= 4 is 15.8 Å². The molecule has 0 radical (unpaired) electrons. The number of aromatic nitrogens is 1. The molecule has 1 aromatic heterocycles. The van der Waals surface area contributed by atoms with Crippen LogP contribution in [0.25, 0.3) is 0 Å². The van der Waals surface area contributed by atoms with E-state index in [1.807, 2.05) is 0 Å². The van der Waals surface area contributed by atoms with Crippen LogP contribution in [0.15, 0.2) is 23.2 Å². The number of hydrazine groups is 1. The Bertz CT molecular complexity index is 587. The number of piperidine rings is 1. The maximum atomic E-state index is 12.6. The molecule has 1 saturated heterocycles. The van der Waals surface area contributed by atoms with E-state index in [9.17, 15) is 8.42 Å². The van der Waals surface area contributed by atoms with Gasteiger partial charge in [-0.15, -0.1) is 0 Å². The second-order valence-corrected chi connectivity index (χ2v) is 8.50. The molecule has 1 aromatic rings. The summed E-state index contributed by atoms with van der Waals surface area (Å²) in [7, 11) is -3.47. The Morgan fingerprint density at radius 2 is 1.95 bits per heavy atom. The van der Waals surface area contributed by atoms with Gasteiger partial charge in [-0.3, -0.25) is 0 Å². The van der Waals surface area contributed by atoms with Crippen LogP contribution in [-0.2, 0) is 10.0 Å². The normalized spacial score (nSPS) is 18.7. The van der Waals surface area contributed by atoms with Gasteiger partial charge in [0.2, 0.25) is 10.0 Å². The van der Waals surface area contributed by atoms with Crippen LogP contribution >= 0.6 is 0 Å². The molecule has 1 aliphatic heterocycles. The van der Waals surface area contributed by atoms with E-state index in [1.54, 1.807) is 4.31 Å². The fraction of sp³-hybridized carbons (Fsp3) is 0.643. The lowest BCUT2D eigenvalue weighted by atomic mass is 9.76. The molecule has 7 heteroatoms. The van der Waals surface area contributed by atoms with Crippen LogP contribution in [0.5, 0.6) is 0 Å². The lowest BCUT2D eigenvalue weighted by Crippen LogP contribution is -2.41. The van der Waals surface area contributed by atoms with E-state index in [2.05, 4.69) is 31.2 Å². The maximum absolute atomic E-state index is 12.6. The lowest BCUT2D eigenvalue weighted by molar-refractivity contribution is 0.154. The predicted octanol–water partition coefficient (Wildman–Crippen LogP) is 1.81. The summed E-state index contributed by atoms with van der Waals surface area (Å²) in [5.74, 6) is 6.19. The first-order chi connectivity index (χ1) is 9.75. The third kappa shape index (κ3) is 3.53. The van der Waals surface area contributed by atoms with Gasteiger partial charge < -0.3 is 5.43 Å². The minimum atomic E-state index is -3.47. The molecule has 2 rings (SSSR count). The zero-order valence-electron chi connectivity index (χ0n) is 12.8. The van der Waals surface area contributed by atoms with Gasteiger partial charge in [0, 0.05) is 25.4 Å². The van der Waals surface area contributed by atoms with Gasteiger partial charge in [-0.05, 0) is 30.2 Å². The molecule has 6 nitrogen and oxygen atoms in total. The summed E-state index contributed by atoms with van der Waals surface area (Å²) >= 11 is 0. The van der Waals surface area contributed by atoms with Crippen LogP contribution in [0.4, 0.5) is 5.82 Å². The first kappa shape index (κ1) is 16.2. The van der Waals surface area contributed by atoms with Crippen molar-refractivity contribution < 1.29 is 8.42 Å². The number of nitrogen functional groups attached to an aromatic ring is 1. The number of hydrogen-bond acceptors (Lipinski definition) is 5. The minimum absolute atomic E-state index is 0.225. The van der Waals surface area contributed by atoms with E-state index in [-0.39, 0.29) is 10.3 Å². The number of rotatable bonds is 3. The van der Waals surface area contributed by atoms with Gasteiger partial charge in [-0.25, -0.2) is 19.2 Å². The Labute approximate surface area is 126 Å². The molecule has 0 atom stereocenters. The van der Waals surface area contributed by atoms with Crippen molar-refractivity contribution in [2.75, 3.05) is 18.5 Å². The second-order valence-electron chi connectivity index (χ2n) is 6.57. The first-order valence-electron chi connectivity index (χ1n) is 7.18. The van der Waals surface area contributed by atoms with Gasteiger partial charge in [0.1, 0.15) is 5.82 Å². The Morgan fingerprint density at radius 3 is 2.48 bits per heavy atom. The molecule has 1 aliphatic rings. The number of nitrogens with two attached hydrogens (primary N) is 1. The second kappa shape index (κ2) is 5.90. The topological polar surface area (TPSA) is 88.3 Å². The van der Waals surface area contributed by atoms with Gasteiger partial charge in [0.05, 0.1) is 4.90 Å². The lowest BCUT2D eigenvalue weighted by Gasteiger charge is -2.38. The fourth-order valence-corrected chi connectivity index (χ4v) is 4.24. The van der Waals surface area contributed by atoms with E-state index >= 15 is 0 Å². The summed E-state index contributed by atoms with van der Waals surface area (Å²) in [6, 6.07) is 2.97. The SMILES string of the molecule is CC(C)(C)C1CCN(S(=O)(=O)c2ccnc(NN)c2)CC1. The van der Waals surface area contributed by atoms with Crippen molar-refractivity contribution in [3.63, 3.8) is 0 Å². The molecule has 21 heavy (non-hydrogen) atoms. The van der Waals surface area contributed by atoms with Gasteiger partial charge in [0.15, 0.2) is 0 Å². The van der Waals surface area contributed by atoms with E-state index in [0.717, 1.165) is 12.8 Å². The van der Waals surface area contributed by atoms with Crippen LogP contribution < -0.4 is 11.3 Å². The highest BCUT2D eigenvalue weighted by molar-refractivity contribution is 7.89. The highest BCUT2D eigenvalue weighted by atomic mass is 32.2. The summed E-state index contributed by atoms with van der Waals surface area (Å²) in [5, 5.41) is 0. The van der Waals surface area contributed by atoms with Crippen molar-refractivity contribution in [2.45, 2.75) is 38.5 Å². The third-order valence-corrected chi connectivity index (χ3v) is 6.09. The van der Waals surface area contributed by atoms with Gasteiger partial charge in [-0.2, -0.15) is 4.31 Å². The molecular weight excluding hydrogens is 288 g/mol. The van der Waals surface area contributed by atoms with Crippen LogP contribution in [0.3, 0.4) is 0 Å². The van der Waals surface area contributed by atoms with Crippen LogP contribution in [0.2, 0.25) is 0 Å². The van der Waals surface area contributed by atoms with Gasteiger partial charge in [-0.1, -0.05) is 20.8 Å². The number of anilines is 1. The molecule has 0 aromatic carbocycles. The molecule has 3 N–H and O–H groups in total. The van der Waals surface area contributed by atoms with E-state index in [0.29, 0.717) is 24.8 Å². The van der Waals surface area contributed by atoms with Crippen LogP contribution in [0, 0.1) is 11.3 Å². The van der Waals surface area contributed by atoms with Crippen molar-refractivity contribution in [1.82, 2.24) is 9.29 Å². The predicted molar refractivity (Wildman–Crippen MR) is 83.0 cm³/mol. The summed E-state index contributed by atoms with van der Waals surface area (Å²) in [6.45, 7) is 7.77. The Morgan fingerprint density at radius 1 is 1.33 bits per heavy atom. The number of hydrogen-bond donors (Lipinski definition) is 2. The van der Waals surface area contributed by atoms with E-state index < -0.39 is 10.0 Å². The zero-order valence-corrected chi connectivity index (χ0v) is 13.7. The van der Waals surface area contributed by atoms with Crippen molar-refractivity contribution in [3.8, 4) is 0 Å². The number of sulfonamides is 1. The summed E-state index contributed by atoms with van der Waals surface area (Å²) in [6.07, 6.45) is 3.25. The average molecular weight is 312 g/mol. The summed E-state index contributed by atoms with van der Waals surface area (Å²) < 4.78 is 26.8. The maximum Gasteiger partial charge on any atom is 0.243 e. The van der Waals surface area contributed by atoms with Crippen LogP contribution in [0.1, 0.15) is 33.6 Å². The number of nitrogens with one attached hydrogen (secondary N) is 1. The summed E-state index contributed by atoms with van der Waals surface area (Å²) in [5.41, 5.74) is 2.60. The number of pyridine rings is 1. The van der Waals surface area contributed by atoms with Crippen LogP contribution in [-0.4, -0.2) is 30.8 Å². The van der Waals surface area contributed by atoms with E-state index in [1.165, 1.54) is 18.3 Å². The highest BCUT2D eigenvalue weighted by Crippen LogP contribution is 2.35. The Balaban J connectivity index is 2.15. The quantitative estimate of drug-likeness (QED) is 0.656. The Hall–Kier alpha value is -1.18. The standard InChI is InChI=1S/C14H24N4O2S/c1-14(2,3)11-5-8-18(9-6-11)21(19,20)12-4-7-16-13(10-12)17-15/h4,7,10-11H,5-6,8-9,15H2,1-3H3,(H,16,17). The van der Waals surface area contributed by atoms with Crippen molar-refractivity contribution in [2.24, 2.45) is 17.2 Å². The largest absolute Gasteiger partial charge is 0.308 e. The molecule has 0 saturated carbocycles. The minimum Gasteiger partial charge on any atom is -0.308 e. The number of nitrogens with zero attached hydrogens (tertiary/aromatic N) is 2. The molecule has 0 spiro atoms. The first-order valence-corrected chi connectivity index (χ1v) is 8.62. The average Bonchev–Trinajstić information content (AvgIpc) is 2.46. The zero-order chi connectivity index (χ0) is 15.7. The smallest absolute Gasteiger partial charge is 0.243 e. The van der Waals surface area contributed by atoms with Crippen molar-refractivity contribution in [1.29, 1.82) is 0 Å². The Kier molecular flexibility index (Phi) is 4.55. The molecule has 0 bridgehead atoms. The molecule has 118 valence electrons. The van der Waals surface area contributed by atoms with E-state index in [4.69, 9.17) is 5.84 Å². The third-order valence-electron chi connectivity index (χ3n) is 4.20. The fourth-order valence-electron chi connectivity index (χ4n) is 2.76.